The molecule has 0 aliphatic heterocycles. The lowest BCUT2D eigenvalue weighted by Gasteiger charge is -2.26. The van der Waals surface area contributed by atoms with E-state index in [4.69, 9.17) is 0 Å². The molecule has 0 spiro atoms. The van der Waals surface area contributed by atoms with Crippen molar-refractivity contribution in [1.82, 2.24) is 4.72 Å². The second-order valence-corrected chi connectivity index (χ2v) is 7.24. The molecule has 0 saturated heterocycles. The summed E-state index contributed by atoms with van der Waals surface area (Å²) in [6, 6.07) is 3.34. The Bertz CT molecular complexity index is 446. The molecule has 1 heterocycles. The molecule has 1 atom stereocenters. The fourth-order valence-corrected chi connectivity index (χ4v) is 3.90. The summed E-state index contributed by atoms with van der Waals surface area (Å²) in [4.78, 5) is 0.947. The molecule has 92 valence electrons. The van der Waals surface area contributed by atoms with Crippen molar-refractivity contribution < 1.29 is 13.5 Å². The van der Waals surface area contributed by atoms with E-state index in [0.29, 0.717) is 6.42 Å². The lowest BCUT2D eigenvalue weighted by molar-refractivity contribution is 0.191. The van der Waals surface area contributed by atoms with Crippen molar-refractivity contribution in [3.63, 3.8) is 0 Å². The quantitative estimate of drug-likeness (QED) is 0.846. The number of sulfonamides is 1. The zero-order valence-electron chi connectivity index (χ0n) is 9.65. The van der Waals surface area contributed by atoms with Crippen LogP contribution in [0.4, 0.5) is 0 Å². The highest BCUT2D eigenvalue weighted by molar-refractivity contribution is 7.91. The van der Waals surface area contributed by atoms with Gasteiger partial charge in [0.05, 0.1) is 12.1 Å². The third kappa shape index (κ3) is 3.04. The highest BCUT2D eigenvalue weighted by Crippen LogP contribution is 2.22. The Kier molecular flexibility index (Phi) is 4.12. The Morgan fingerprint density at radius 2 is 2.12 bits per heavy atom. The summed E-state index contributed by atoms with van der Waals surface area (Å²) in [7, 11) is -3.51. The molecule has 0 radical (unpaired) electrons. The standard InChI is InChI=1S/C10H17NO3S2/c1-4-10(3,7-12)11-16(13,14)9-6-5-8(2)15-9/h5-6,11-12H,4,7H2,1-3H3. The number of thiophene rings is 1. The van der Waals surface area contributed by atoms with Gasteiger partial charge in [-0.25, -0.2) is 13.1 Å². The number of nitrogens with one attached hydrogen (secondary N) is 1. The van der Waals surface area contributed by atoms with Crippen LogP contribution in [0.25, 0.3) is 0 Å². The Labute approximate surface area is 100 Å². The summed E-state index contributed by atoms with van der Waals surface area (Å²) in [5, 5.41) is 9.18. The molecule has 0 fully saturated rings. The molecule has 0 amide bonds. The number of hydrogen-bond donors (Lipinski definition) is 2. The van der Waals surface area contributed by atoms with Crippen LogP contribution in [0.2, 0.25) is 0 Å². The minimum Gasteiger partial charge on any atom is -0.394 e. The number of aryl methyl sites for hydroxylation is 1. The molecule has 16 heavy (non-hydrogen) atoms. The number of rotatable bonds is 5. The molecule has 6 heteroatoms. The minimum atomic E-state index is -3.51. The van der Waals surface area contributed by atoms with Gasteiger partial charge in [0.2, 0.25) is 0 Å². The Hall–Kier alpha value is -0.430. The largest absolute Gasteiger partial charge is 0.394 e. The maximum atomic E-state index is 12.0. The molecular formula is C10H17NO3S2. The summed E-state index contributed by atoms with van der Waals surface area (Å²) < 4.78 is 26.8. The van der Waals surface area contributed by atoms with Gasteiger partial charge in [-0.2, -0.15) is 0 Å². The van der Waals surface area contributed by atoms with E-state index in [1.165, 1.54) is 11.3 Å². The van der Waals surface area contributed by atoms with E-state index < -0.39 is 15.6 Å². The summed E-state index contributed by atoms with van der Waals surface area (Å²) in [5.41, 5.74) is -0.795. The molecule has 1 unspecified atom stereocenters. The monoisotopic (exact) mass is 263 g/mol. The molecule has 4 nitrogen and oxygen atoms in total. The molecule has 0 bridgehead atoms. The normalized spacial score (nSPS) is 16.0. The van der Waals surface area contributed by atoms with E-state index in [1.54, 1.807) is 19.1 Å². The predicted octanol–water partition coefficient (Wildman–Crippen LogP) is 1.50. The van der Waals surface area contributed by atoms with Gasteiger partial charge in [0.25, 0.3) is 10.0 Å². The third-order valence-electron chi connectivity index (χ3n) is 2.49. The molecule has 0 aliphatic carbocycles. The molecular weight excluding hydrogens is 246 g/mol. The first kappa shape index (κ1) is 13.6. The van der Waals surface area contributed by atoms with E-state index in [9.17, 15) is 13.5 Å². The first-order valence-electron chi connectivity index (χ1n) is 5.04. The average molecular weight is 263 g/mol. The van der Waals surface area contributed by atoms with Gasteiger partial charge < -0.3 is 5.11 Å². The van der Waals surface area contributed by atoms with E-state index in [-0.39, 0.29) is 10.8 Å². The average Bonchev–Trinajstić information content (AvgIpc) is 2.65. The van der Waals surface area contributed by atoms with Gasteiger partial charge in [0.1, 0.15) is 4.21 Å². The van der Waals surface area contributed by atoms with Crippen molar-refractivity contribution in [2.45, 2.75) is 36.9 Å². The van der Waals surface area contributed by atoms with Gasteiger partial charge >= 0.3 is 0 Å². The molecule has 0 saturated carbocycles. The van der Waals surface area contributed by atoms with Crippen LogP contribution in [-0.4, -0.2) is 25.7 Å². The Morgan fingerprint density at radius 1 is 1.50 bits per heavy atom. The van der Waals surface area contributed by atoms with Crippen LogP contribution in [-0.2, 0) is 10.0 Å². The van der Waals surface area contributed by atoms with Crippen LogP contribution in [0.3, 0.4) is 0 Å². The van der Waals surface area contributed by atoms with Crippen LogP contribution in [0, 0.1) is 6.92 Å². The van der Waals surface area contributed by atoms with Crippen molar-refractivity contribution in [1.29, 1.82) is 0 Å². The van der Waals surface area contributed by atoms with Crippen LogP contribution < -0.4 is 4.72 Å². The first-order chi connectivity index (χ1) is 7.33. The van der Waals surface area contributed by atoms with Gasteiger partial charge in [-0.3, -0.25) is 0 Å². The second-order valence-electron chi connectivity index (χ2n) is 4.04. The van der Waals surface area contributed by atoms with Gasteiger partial charge in [-0.15, -0.1) is 11.3 Å². The van der Waals surface area contributed by atoms with Crippen molar-refractivity contribution in [3.8, 4) is 0 Å². The number of hydrogen-bond acceptors (Lipinski definition) is 4. The maximum absolute atomic E-state index is 12.0. The Balaban J connectivity index is 2.96. The summed E-state index contributed by atoms with van der Waals surface area (Å²) in [6.07, 6.45) is 0.535. The zero-order valence-corrected chi connectivity index (χ0v) is 11.3. The molecule has 2 N–H and O–H groups in total. The summed E-state index contributed by atoms with van der Waals surface area (Å²) >= 11 is 1.22. The van der Waals surface area contributed by atoms with Crippen LogP contribution in [0.15, 0.2) is 16.3 Å². The first-order valence-corrected chi connectivity index (χ1v) is 7.34. The molecule has 0 aromatic carbocycles. The van der Waals surface area contributed by atoms with E-state index in [2.05, 4.69) is 4.72 Å². The van der Waals surface area contributed by atoms with Crippen molar-refractivity contribution >= 4 is 21.4 Å². The summed E-state index contributed by atoms with van der Waals surface area (Å²) in [6.45, 7) is 5.16. The van der Waals surface area contributed by atoms with Gasteiger partial charge in [-0.1, -0.05) is 6.92 Å². The van der Waals surface area contributed by atoms with Crippen LogP contribution in [0.1, 0.15) is 25.1 Å². The second kappa shape index (κ2) is 4.83. The fraction of sp³-hybridized carbons (Fsp3) is 0.600. The number of aliphatic hydroxyl groups excluding tert-OH is 1. The lowest BCUT2D eigenvalue weighted by Crippen LogP contribution is -2.48. The molecule has 0 aliphatic rings. The smallest absolute Gasteiger partial charge is 0.250 e. The topological polar surface area (TPSA) is 66.4 Å². The van der Waals surface area contributed by atoms with Gasteiger partial charge in [0, 0.05) is 4.88 Å². The predicted molar refractivity (Wildman–Crippen MR) is 65.2 cm³/mol. The maximum Gasteiger partial charge on any atom is 0.250 e. The van der Waals surface area contributed by atoms with Gasteiger partial charge in [-0.05, 0) is 32.4 Å². The van der Waals surface area contributed by atoms with Crippen molar-refractivity contribution in [2.24, 2.45) is 0 Å². The van der Waals surface area contributed by atoms with Crippen molar-refractivity contribution in [2.75, 3.05) is 6.61 Å². The van der Waals surface area contributed by atoms with E-state index >= 15 is 0 Å². The number of aliphatic hydroxyl groups is 1. The SMILES string of the molecule is CCC(C)(CO)NS(=O)(=O)c1ccc(C)s1. The third-order valence-corrected chi connectivity index (χ3v) is 5.62. The van der Waals surface area contributed by atoms with Crippen LogP contribution >= 0.6 is 11.3 Å². The zero-order chi connectivity index (χ0) is 12.4. The summed E-state index contributed by atoms with van der Waals surface area (Å²) in [5.74, 6) is 0. The van der Waals surface area contributed by atoms with Crippen molar-refractivity contribution in [3.05, 3.63) is 17.0 Å². The van der Waals surface area contributed by atoms with E-state index in [1.807, 2.05) is 13.8 Å². The van der Waals surface area contributed by atoms with Crippen LogP contribution in [0.5, 0.6) is 0 Å². The van der Waals surface area contributed by atoms with Gasteiger partial charge in [0.15, 0.2) is 0 Å². The highest BCUT2D eigenvalue weighted by Gasteiger charge is 2.29. The molecule has 1 aromatic rings. The lowest BCUT2D eigenvalue weighted by atomic mass is 10.0. The molecule has 1 rings (SSSR count). The molecule has 1 aromatic heterocycles. The Morgan fingerprint density at radius 3 is 2.50 bits per heavy atom. The van der Waals surface area contributed by atoms with E-state index in [0.717, 1.165) is 4.88 Å². The highest BCUT2D eigenvalue weighted by atomic mass is 32.2. The fourth-order valence-electron chi connectivity index (χ4n) is 1.15. The minimum absolute atomic E-state index is 0.215.